The lowest BCUT2D eigenvalue weighted by molar-refractivity contribution is 0.415. The Kier molecular flexibility index (Phi) is 5.64. The summed E-state index contributed by atoms with van der Waals surface area (Å²) in [6.07, 6.45) is 0. The third-order valence-corrected chi connectivity index (χ3v) is 4.45. The standard InChI is InChI=1S/C14H20N4O3S/c1-3-22(19,20)16-9-11(2)15-10-13-17-14(21-18-13)12-7-5-4-6-8-12/h4-8,11,15-16H,3,9-10H2,1-2H3. The zero-order chi connectivity index (χ0) is 16.0. The summed E-state index contributed by atoms with van der Waals surface area (Å²) in [6, 6.07) is 9.47. The molecule has 1 aromatic carbocycles. The molecule has 1 aromatic heterocycles. The SMILES string of the molecule is CCS(=O)(=O)NCC(C)NCc1noc(-c2ccccc2)n1. The van der Waals surface area contributed by atoms with Gasteiger partial charge in [-0.3, -0.25) is 0 Å². The van der Waals surface area contributed by atoms with Crippen LogP contribution in [0.4, 0.5) is 0 Å². The van der Waals surface area contributed by atoms with Gasteiger partial charge in [0.15, 0.2) is 5.82 Å². The highest BCUT2D eigenvalue weighted by atomic mass is 32.2. The molecule has 1 atom stereocenters. The number of nitrogens with zero attached hydrogens (tertiary/aromatic N) is 2. The number of benzene rings is 1. The number of aromatic nitrogens is 2. The van der Waals surface area contributed by atoms with E-state index in [-0.39, 0.29) is 11.8 Å². The summed E-state index contributed by atoms with van der Waals surface area (Å²) in [7, 11) is -3.17. The molecule has 0 aliphatic rings. The van der Waals surface area contributed by atoms with Crippen molar-refractivity contribution in [2.75, 3.05) is 12.3 Å². The molecular weight excluding hydrogens is 304 g/mol. The maximum atomic E-state index is 11.4. The van der Waals surface area contributed by atoms with Crippen LogP contribution < -0.4 is 10.0 Å². The second-order valence-corrected chi connectivity index (χ2v) is 7.01. The summed E-state index contributed by atoms with van der Waals surface area (Å²) in [5, 5.41) is 7.05. The number of hydrogen-bond acceptors (Lipinski definition) is 6. The summed E-state index contributed by atoms with van der Waals surface area (Å²) >= 11 is 0. The Morgan fingerprint density at radius 2 is 2.00 bits per heavy atom. The maximum Gasteiger partial charge on any atom is 0.257 e. The molecule has 2 N–H and O–H groups in total. The van der Waals surface area contributed by atoms with Crippen LogP contribution in [0.3, 0.4) is 0 Å². The van der Waals surface area contributed by atoms with Gasteiger partial charge in [0.05, 0.1) is 12.3 Å². The molecule has 7 nitrogen and oxygen atoms in total. The van der Waals surface area contributed by atoms with Gasteiger partial charge in [-0.1, -0.05) is 23.4 Å². The van der Waals surface area contributed by atoms with Crippen molar-refractivity contribution in [3.63, 3.8) is 0 Å². The first kappa shape index (κ1) is 16.6. The van der Waals surface area contributed by atoms with Crippen LogP contribution in [0.2, 0.25) is 0 Å². The Hall–Kier alpha value is -1.77. The van der Waals surface area contributed by atoms with Crippen LogP contribution in [-0.2, 0) is 16.6 Å². The van der Waals surface area contributed by atoms with Gasteiger partial charge in [0.2, 0.25) is 10.0 Å². The molecule has 1 unspecified atom stereocenters. The van der Waals surface area contributed by atoms with Crippen molar-refractivity contribution in [3.8, 4) is 11.5 Å². The smallest absolute Gasteiger partial charge is 0.257 e. The summed E-state index contributed by atoms with van der Waals surface area (Å²) in [5.74, 6) is 1.08. The van der Waals surface area contributed by atoms with Crippen molar-refractivity contribution in [2.45, 2.75) is 26.4 Å². The topological polar surface area (TPSA) is 97.1 Å². The second kappa shape index (κ2) is 7.48. The fourth-order valence-electron chi connectivity index (χ4n) is 1.72. The molecule has 0 amide bonds. The molecule has 0 spiro atoms. The van der Waals surface area contributed by atoms with E-state index in [1.54, 1.807) is 6.92 Å². The molecule has 0 saturated carbocycles. The molecule has 2 rings (SSSR count). The minimum atomic E-state index is -3.17. The third-order valence-electron chi connectivity index (χ3n) is 3.09. The molecule has 120 valence electrons. The Morgan fingerprint density at radius 3 is 2.68 bits per heavy atom. The molecule has 0 bridgehead atoms. The molecule has 0 aliphatic carbocycles. The van der Waals surface area contributed by atoms with Gasteiger partial charge < -0.3 is 9.84 Å². The quantitative estimate of drug-likeness (QED) is 0.756. The van der Waals surface area contributed by atoms with Crippen LogP contribution in [0.5, 0.6) is 0 Å². The number of rotatable bonds is 8. The first-order valence-corrected chi connectivity index (χ1v) is 8.74. The molecule has 0 radical (unpaired) electrons. The van der Waals surface area contributed by atoms with E-state index in [0.29, 0.717) is 24.8 Å². The average Bonchev–Trinajstić information content (AvgIpc) is 3.01. The van der Waals surface area contributed by atoms with Crippen LogP contribution in [0, 0.1) is 0 Å². The highest BCUT2D eigenvalue weighted by Gasteiger charge is 2.11. The van der Waals surface area contributed by atoms with E-state index in [9.17, 15) is 8.42 Å². The lowest BCUT2D eigenvalue weighted by atomic mass is 10.2. The molecule has 0 aliphatic heterocycles. The van der Waals surface area contributed by atoms with Crippen molar-refractivity contribution in [2.24, 2.45) is 0 Å². The molecule has 22 heavy (non-hydrogen) atoms. The van der Waals surface area contributed by atoms with Crippen molar-refractivity contribution < 1.29 is 12.9 Å². The van der Waals surface area contributed by atoms with E-state index < -0.39 is 10.0 Å². The normalized spacial score (nSPS) is 13.2. The second-order valence-electron chi connectivity index (χ2n) is 4.92. The van der Waals surface area contributed by atoms with E-state index in [0.717, 1.165) is 5.56 Å². The monoisotopic (exact) mass is 324 g/mol. The first-order chi connectivity index (χ1) is 10.5. The van der Waals surface area contributed by atoms with Gasteiger partial charge in [-0.15, -0.1) is 0 Å². The number of sulfonamides is 1. The average molecular weight is 324 g/mol. The predicted octanol–water partition coefficient (Wildman–Crippen LogP) is 1.15. The molecular formula is C14H20N4O3S. The van der Waals surface area contributed by atoms with Gasteiger partial charge >= 0.3 is 0 Å². The molecule has 1 heterocycles. The fraction of sp³-hybridized carbons (Fsp3) is 0.429. The molecule has 0 saturated heterocycles. The van der Waals surface area contributed by atoms with Gasteiger partial charge in [-0.2, -0.15) is 4.98 Å². The number of nitrogens with one attached hydrogen (secondary N) is 2. The Morgan fingerprint density at radius 1 is 1.27 bits per heavy atom. The predicted molar refractivity (Wildman–Crippen MR) is 83.5 cm³/mol. The number of hydrogen-bond donors (Lipinski definition) is 2. The molecule has 0 fully saturated rings. The third kappa shape index (κ3) is 4.90. The minimum absolute atomic E-state index is 0.0417. The highest BCUT2D eigenvalue weighted by Crippen LogP contribution is 2.15. The lowest BCUT2D eigenvalue weighted by Crippen LogP contribution is -2.39. The van der Waals surface area contributed by atoms with Crippen molar-refractivity contribution in [1.29, 1.82) is 0 Å². The Labute approximate surface area is 130 Å². The highest BCUT2D eigenvalue weighted by molar-refractivity contribution is 7.89. The van der Waals surface area contributed by atoms with Crippen LogP contribution in [0.25, 0.3) is 11.5 Å². The van der Waals surface area contributed by atoms with Crippen LogP contribution >= 0.6 is 0 Å². The van der Waals surface area contributed by atoms with Crippen LogP contribution in [0.15, 0.2) is 34.9 Å². The van der Waals surface area contributed by atoms with Gasteiger partial charge in [0, 0.05) is 18.2 Å². The summed E-state index contributed by atoms with van der Waals surface area (Å²) in [6.45, 7) is 4.21. The van der Waals surface area contributed by atoms with Gasteiger partial charge in [0.25, 0.3) is 5.89 Å². The van der Waals surface area contributed by atoms with E-state index in [1.807, 2.05) is 37.3 Å². The van der Waals surface area contributed by atoms with E-state index in [4.69, 9.17) is 4.52 Å². The summed E-state index contributed by atoms with van der Waals surface area (Å²) < 4.78 is 30.4. The first-order valence-electron chi connectivity index (χ1n) is 7.09. The van der Waals surface area contributed by atoms with Crippen molar-refractivity contribution in [3.05, 3.63) is 36.2 Å². The van der Waals surface area contributed by atoms with Crippen molar-refractivity contribution in [1.82, 2.24) is 20.2 Å². The summed E-state index contributed by atoms with van der Waals surface area (Å²) in [5.41, 5.74) is 0.866. The molecule has 2 aromatic rings. The minimum Gasteiger partial charge on any atom is -0.334 e. The largest absolute Gasteiger partial charge is 0.334 e. The van der Waals surface area contributed by atoms with Crippen LogP contribution in [-0.4, -0.2) is 36.9 Å². The maximum absolute atomic E-state index is 11.4. The molecule has 8 heteroatoms. The van der Waals surface area contributed by atoms with E-state index in [2.05, 4.69) is 20.2 Å². The van der Waals surface area contributed by atoms with E-state index >= 15 is 0 Å². The Bertz CT molecular complexity index is 685. The van der Waals surface area contributed by atoms with Gasteiger partial charge in [-0.25, -0.2) is 13.1 Å². The zero-order valence-corrected chi connectivity index (χ0v) is 13.4. The summed E-state index contributed by atoms with van der Waals surface area (Å²) in [4.78, 5) is 4.30. The van der Waals surface area contributed by atoms with Crippen LogP contribution in [0.1, 0.15) is 19.7 Å². The Balaban J connectivity index is 1.84. The van der Waals surface area contributed by atoms with Gasteiger partial charge in [0.1, 0.15) is 0 Å². The van der Waals surface area contributed by atoms with Crippen molar-refractivity contribution >= 4 is 10.0 Å². The zero-order valence-electron chi connectivity index (χ0n) is 12.6. The van der Waals surface area contributed by atoms with E-state index in [1.165, 1.54) is 0 Å². The lowest BCUT2D eigenvalue weighted by Gasteiger charge is -2.12. The van der Waals surface area contributed by atoms with Gasteiger partial charge in [-0.05, 0) is 26.0 Å². The fourth-order valence-corrected chi connectivity index (χ4v) is 2.42.